The van der Waals surface area contributed by atoms with Crippen LogP contribution >= 0.6 is 0 Å². The first kappa shape index (κ1) is 17.7. The number of primary amides is 1. The normalized spacial score (nSPS) is 19.7. The van der Waals surface area contributed by atoms with Crippen molar-refractivity contribution >= 4 is 18.1 Å². The summed E-state index contributed by atoms with van der Waals surface area (Å²) in [5.74, 6) is 3.54. The average Bonchev–Trinajstić information content (AvgIpc) is 2.88. The fourth-order valence-corrected chi connectivity index (χ4v) is 2.39. The molecule has 2 atom stereocenters. The van der Waals surface area contributed by atoms with Gasteiger partial charge in [0.1, 0.15) is 0 Å². The van der Waals surface area contributed by atoms with Gasteiger partial charge < -0.3 is 11.5 Å². The monoisotopic (exact) mass is 300 g/mol. The van der Waals surface area contributed by atoms with Crippen molar-refractivity contribution in [3.8, 4) is 12.3 Å². The van der Waals surface area contributed by atoms with Crippen molar-refractivity contribution in [2.24, 2.45) is 23.3 Å². The number of carbonyl (C=O) groups is 1. The number of aromatic nitrogens is 2. The lowest BCUT2D eigenvalue weighted by atomic mass is 9.72. The van der Waals surface area contributed by atoms with Gasteiger partial charge in [0, 0.05) is 11.5 Å². The van der Waals surface area contributed by atoms with Gasteiger partial charge in [-0.05, 0) is 44.7 Å². The van der Waals surface area contributed by atoms with Crippen molar-refractivity contribution < 1.29 is 4.79 Å². The van der Waals surface area contributed by atoms with Crippen molar-refractivity contribution in [1.82, 2.24) is 10.2 Å². The molecule has 0 saturated heterocycles. The second kappa shape index (κ2) is 8.85. The van der Waals surface area contributed by atoms with E-state index in [0.29, 0.717) is 17.2 Å². The molecular formula is C17H24N4O. The van der Waals surface area contributed by atoms with Gasteiger partial charge in [0.25, 0.3) is 5.91 Å². The minimum absolute atomic E-state index is 0.244. The first-order chi connectivity index (χ1) is 10.6. The highest BCUT2D eigenvalue weighted by atomic mass is 16.1. The number of hydrogen-bond acceptors (Lipinski definition) is 3. The maximum atomic E-state index is 10.9. The molecule has 0 aromatic carbocycles. The smallest absolute Gasteiger partial charge is 0.269 e. The number of rotatable bonds is 5. The maximum absolute atomic E-state index is 10.9. The Bertz CT molecular complexity index is 580. The minimum atomic E-state index is -0.544. The molecule has 1 aliphatic carbocycles. The largest absolute Gasteiger partial charge is 0.364 e. The average molecular weight is 300 g/mol. The summed E-state index contributed by atoms with van der Waals surface area (Å²) in [5.41, 5.74) is 12.1. The second-order valence-electron chi connectivity index (χ2n) is 5.16. The third-order valence-electron chi connectivity index (χ3n) is 3.77. The van der Waals surface area contributed by atoms with Crippen LogP contribution in [0.4, 0.5) is 0 Å². The molecule has 1 saturated carbocycles. The number of nitrogens with two attached hydrogens (primary N) is 2. The highest BCUT2D eigenvalue weighted by Crippen LogP contribution is 2.35. The number of nitrogens with zero attached hydrogens (tertiary/aromatic N) is 1. The SMILES string of the molecule is C#CC1CCC1CCN.C=Cc1[nH]nc(C(N)=O)c1/C=C\C. The van der Waals surface area contributed by atoms with E-state index in [1.165, 1.54) is 12.8 Å². The van der Waals surface area contributed by atoms with E-state index in [2.05, 4.69) is 22.7 Å². The van der Waals surface area contributed by atoms with Crippen LogP contribution in [0.3, 0.4) is 0 Å². The predicted molar refractivity (Wildman–Crippen MR) is 90.6 cm³/mol. The lowest BCUT2D eigenvalue weighted by molar-refractivity contribution is 0.0995. The molecule has 22 heavy (non-hydrogen) atoms. The summed E-state index contributed by atoms with van der Waals surface area (Å²) in [5, 5.41) is 6.45. The summed E-state index contributed by atoms with van der Waals surface area (Å²) in [6, 6.07) is 0. The minimum Gasteiger partial charge on any atom is -0.364 e. The standard InChI is InChI=1S/C9H11N3O.C8H13N/c1-3-5-6-7(4-2)11-12-8(6)9(10)13;1-2-7-3-4-8(7)5-6-9/h3-5H,2H2,1H3,(H2,10,13)(H,11,12);1,7-8H,3-6,9H2/b5-3-;. The topological polar surface area (TPSA) is 97.8 Å². The molecule has 2 unspecified atom stereocenters. The van der Waals surface area contributed by atoms with E-state index in [9.17, 15) is 4.79 Å². The van der Waals surface area contributed by atoms with Crippen molar-refractivity contribution in [2.45, 2.75) is 26.2 Å². The Kier molecular flexibility index (Phi) is 7.14. The Balaban J connectivity index is 0.000000235. The van der Waals surface area contributed by atoms with Crippen molar-refractivity contribution in [3.63, 3.8) is 0 Å². The second-order valence-corrected chi connectivity index (χ2v) is 5.16. The van der Waals surface area contributed by atoms with E-state index >= 15 is 0 Å². The van der Waals surface area contributed by atoms with Gasteiger partial charge in [-0.25, -0.2) is 0 Å². The molecule has 5 nitrogen and oxygen atoms in total. The summed E-state index contributed by atoms with van der Waals surface area (Å²) in [7, 11) is 0. The van der Waals surface area contributed by atoms with Crippen LogP contribution in [0, 0.1) is 24.2 Å². The van der Waals surface area contributed by atoms with Crippen LogP contribution in [-0.4, -0.2) is 22.6 Å². The van der Waals surface area contributed by atoms with Crippen molar-refractivity contribution in [2.75, 3.05) is 6.54 Å². The molecule has 1 heterocycles. The number of carbonyl (C=O) groups excluding carboxylic acids is 1. The van der Waals surface area contributed by atoms with Crippen LogP contribution in [0.15, 0.2) is 12.7 Å². The van der Waals surface area contributed by atoms with Crippen molar-refractivity contribution in [1.29, 1.82) is 0 Å². The van der Waals surface area contributed by atoms with Crippen LogP contribution in [0.25, 0.3) is 12.2 Å². The molecule has 118 valence electrons. The molecule has 0 aliphatic heterocycles. The zero-order valence-corrected chi connectivity index (χ0v) is 13.0. The van der Waals surface area contributed by atoms with Gasteiger partial charge in [0.2, 0.25) is 0 Å². The van der Waals surface area contributed by atoms with Gasteiger partial charge >= 0.3 is 0 Å². The molecule has 2 rings (SSSR count). The number of aromatic amines is 1. The third kappa shape index (κ3) is 4.34. The van der Waals surface area contributed by atoms with Crippen LogP contribution in [0.1, 0.15) is 47.9 Å². The Morgan fingerprint density at radius 3 is 2.73 bits per heavy atom. The predicted octanol–water partition coefficient (Wildman–Crippen LogP) is 2.18. The van der Waals surface area contributed by atoms with E-state index in [4.69, 9.17) is 17.9 Å². The van der Waals surface area contributed by atoms with Crippen LogP contribution in [0.5, 0.6) is 0 Å². The van der Waals surface area contributed by atoms with E-state index in [0.717, 1.165) is 18.9 Å². The summed E-state index contributed by atoms with van der Waals surface area (Å²) in [4.78, 5) is 10.9. The van der Waals surface area contributed by atoms with Gasteiger partial charge in [0.05, 0.1) is 5.69 Å². The Morgan fingerprint density at radius 1 is 1.59 bits per heavy atom. The number of terminal acetylenes is 1. The number of amides is 1. The van der Waals surface area contributed by atoms with E-state index in [-0.39, 0.29) is 5.69 Å². The zero-order valence-electron chi connectivity index (χ0n) is 13.0. The molecule has 1 amide bonds. The zero-order chi connectivity index (χ0) is 16.5. The Labute approximate surface area is 131 Å². The Morgan fingerprint density at radius 2 is 2.32 bits per heavy atom. The lowest BCUT2D eigenvalue weighted by Crippen LogP contribution is -2.26. The van der Waals surface area contributed by atoms with Gasteiger partial charge in [0.15, 0.2) is 5.69 Å². The van der Waals surface area contributed by atoms with E-state index in [1.807, 2.05) is 13.0 Å². The first-order valence-electron chi connectivity index (χ1n) is 7.38. The maximum Gasteiger partial charge on any atom is 0.269 e. The molecule has 1 aliphatic rings. The van der Waals surface area contributed by atoms with Crippen molar-refractivity contribution in [3.05, 3.63) is 29.6 Å². The fourth-order valence-electron chi connectivity index (χ4n) is 2.39. The highest BCUT2D eigenvalue weighted by molar-refractivity contribution is 5.95. The third-order valence-corrected chi connectivity index (χ3v) is 3.77. The molecule has 0 bridgehead atoms. The molecule has 1 aromatic heterocycles. The van der Waals surface area contributed by atoms with E-state index < -0.39 is 5.91 Å². The van der Waals surface area contributed by atoms with Gasteiger partial charge in [-0.15, -0.1) is 12.3 Å². The molecule has 1 fully saturated rings. The molecule has 5 heteroatoms. The summed E-state index contributed by atoms with van der Waals surface area (Å²) >= 11 is 0. The van der Waals surface area contributed by atoms with Gasteiger partial charge in [-0.1, -0.05) is 18.7 Å². The quantitative estimate of drug-likeness (QED) is 0.727. The van der Waals surface area contributed by atoms with Crippen LogP contribution < -0.4 is 11.5 Å². The first-order valence-corrected chi connectivity index (χ1v) is 7.38. The fraction of sp³-hybridized carbons (Fsp3) is 0.412. The lowest BCUT2D eigenvalue weighted by Gasteiger charge is -2.32. The summed E-state index contributed by atoms with van der Waals surface area (Å²) < 4.78 is 0. The number of allylic oxidation sites excluding steroid dienone is 1. The van der Waals surface area contributed by atoms with E-state index in [1.54, 1.807) is 12.2 Å². The Hall–Kier alpha value is -2.32. The van der Waals surface area contributed by atoms with Gasteiger partial charge in [-0.2, -0.15) is 5.10 Å². The molecule has 5 N–H and O–H groups in total. The summed E-state index contributed by atoms with van der Waals surface area (Å²) in [6.45, 7) is 6.24. The van der Waals surface area contributed by atoms with Crippen LogP contribution in [-0.2, 0) is 0 Å². The van der Waals surface area contributed by atoms with Crippen LogP contribution in [0.2, 0.25) is 0 Å². The van der Waals surface area contributed by atoms with Gasteiger partial charge in [-0.3, -0.25) is 9.89 Å². The number of hydrogen-bond donors (Lipinski definition) is 3. The number of nitrogens with one attached hydrogen (secondary N) is 1. The molecule has 0 spiro atoms. The number of H-pyrrole nitrogens is 1. The molecule has 0 radical (unpaired) electrons. The summed E-state index contributed by atoms with van der Waals surface area (Å²) in [6.07, 6.45) is 14.1. The highest BCUT2D eigenvalue weighted by Gasteiger charge is 2.27. The molecular weight excluding hydrogens is 276 g/mol. The molecule has 1 aromatic rings.